The van der Waals surface area contributed by atoms with Crippen molar-refractivity contribution in [3.63, 3.8) is 0 Å². The summed E-state index contributed by atoms with van der Waals surface area (Å²) in [6, 6.07) is 18.0. The third kappa shape index (κ3) is 5.23. The summed E-state index contributed by atoms with van der Waals surface area (Å²) in [5.74, 6) is -0.157. The van der Waals surface area contributed by atoms with Crippen LogP contribution in [0.3, 0.4) is 0 Å². The second kappa shape index (κ2) is 9.08. The number of benzene rings is 3. The third-order valence-electron chi connectivity index (χ3n) is 5.03. The van der Waals surface area contributed by atoms with E-state index in [-0.39, 0.29) is 11.5 Å². The Labute approximate surface area is 193 Å². The van der Waals surface area contributed by atoms with Crippen LogP contribution in [-0.2, 0) is 11.0 Å². The maximum Gasteiger partial charge on any atom is 0.416 e. The van der Waals surface area contributed by atoms with Gasteiger partial charge in [-0.1, -0.05) is 35.9 Å². The molecule has 166 valence electrons. The van der Waals surface area contributed by atoms with Crippen LogP contribution in [-0.4, -0.2) is 10.8 Å². The van der Waals surface area contributed by atoms with Gasteiger partial charge in [-0.2, -0.15) is 13.2 Å². The molecule has 7 heteroatoms. The Morgan fingerprint density at radius 3 is 2.42 bits per heavy atom. The van der Waals surface area contributed by atoms with Gasteiger partial charge in [0.25, 0.3) is 0 Å². The van der Waals surface area contributed by atoms with Crippen molar-refractivity contribution in [2.24, 2.45) is 0 Å². The van der Waals surface area contributed by atoms with Crippen LogP contribution in [0.25, 0.3) is 28.1 Å². The number of nitrogens with one attached hydrogen (secondary N) is 1. The zero-order chi connectivity index (χ0) is 23.6. The number of nitrogens with zero attached hydrogens (tertiary/aromatic N) is 1. The van der Waals surface area contributed by atoms with Gasteiger partial charge in [0, 0.05) is 27.9 Å². The van der Waals surface area contributed by atoms with Gasteiger partial charge in [-0.05, 0) is 72.7 Å². The fourth-order valence-electron chi connectivity index (χ4n) is 3.42. The molecule has 0 radical (unpaired) electrons. The van der Waals surface area contributed by atoms with Crippen molar-refractivity contribution in [3.05, 3.63) is 95.2 Å². The molecule has 0 bridgehead atoms. The van der Waals surface area contributed by atoms with Crippen molar-refractivity contribution in [2.75, 3.05) is 5.32 Å². The number of alkyl halides is 3. The highest BCUT2D eigenvalue weighted by atomic mass is 35.5. The summed E-state index contributed by atoms with van der Waals surface area (Å²) in [6.45, 7) is 1.42. The molecule has 0 amide bonds. The van der Waals surface area contributed by atoms with Crippen molar-refractivity contribution < 1.29 is 18.0 Å². The molecule has 4 aromatic rings. The second-order valence-corrected chi connectivity index (χ2v) is 7.91. The number of allylic oxidation sites excluding steroid dienone is 1. The molecule has 0 atom stereocenters. The minimum atomic E-state index is -4.46. The number of pyridine rings is 1. The van der Waals surface area contributed by atoms with Crippen LogP contribution in [0.15, 0.2) is 79.0 Å². The maximum atomic E-state index is 13.2. The summed E-state index contributed by atoms with van der Waals surface area (Å²) in [7, 11) is 0. The number of anilines is 2. The highest BCUT2D eigenvalue weighted by molar-refractivity contribution is 6.30. The lowest BCUT2D eigenvalue weighted by atomic mass is 10.0. The normalized spacial score (nSPS) is 11.8. The van der Waals surface area contributed by atoms with Crippen molar-refractivity contribution in [1.29, 1.82) is 0 Å². The predicted octanol–water partition coefficient (Wildman–Crippen LogP) is 7.92. The average molecular weight is 467 g/mol. The van der Waals surface area contributed by atoms with Crippen LogP contribution in [0.1, 0.15) is 18.1 Å². The number of carbonyl (C=O) groups excluding carboxylic acids is 1. The lowest BCUT2D eigenvalue weighted by Crippen LogP contribution is -2.05. The number of hydrogen-bond donors (Lipinski definition) is 1. The Bertz CT molecular complexity index is 1360. The van der Waals surface area contributed by atoms with E-state index in [2.05, 4.69) is 10.3 Å². The molecule has 0 fully saturated rings. The van der Waals surface area contributed by atoms with Crippen molar-refractivity contribution >= 4 is 45.7 Å². The van der Waals surface area contributed by atoms with Gasteiger partial charge in [0.05, 0.1) is 16.8 Å². The first-order valence-corrected chi connectivity index (χ1v) is 10.4. The average Bonchev–Trinajstić information content (AvgIpc) is 2.78. The SMILES string of the molecule is CC(=O)/C=C/c1cnc2ccc(-c3ccc(Cl)cc3)cc2c1Nc1cccc(C(F)(F)F)c1. The number of halogens is 4. The molecule has 1 heterocycles. The Morgan fingerprint density at radius 1 is 1.00 bits per heavy atom. The number of ketones is 1. The first kappa shape index (κ1) is 22.6. The lowest BCUT2D eigenvalue weighted by Gasteiger charge is -2.15. The van der Waals surface area contributed by atoms with Crippen LogP contribution in [0.2, 0.25) is 5.02 Å². The summed E-state index contributed by atoms with van der Waals surface area (Å²) in [4.78, 5) is 16.0. The Balaban J connectivity index is 1.88. The monoisotopic (exact) mass is 466 g/mol. The highest BCUT2D eigenvalue weighted by Gasteiger charge is 2.30. The van der Waals surface area contributed by atoms with Gasteiger partial charge in [0.2, 0.25) is 0 Å². The summed E-state index contributed by atoms with van der Waals surface area (Å²) in [5.41, 5.74) is 3.11. The topological polar surface area (TPSA) is 42.0 Å². The quantitative estimate of drug-likeness (QED) is 0.304. The van der Waals surface area contributed by atoms with E-state index in [0.717, 1.165) is 23.3 Å². The molecule has 0 aliphatic rings. The third-order valence-corrected chi connectivity index (χ3v) is 5.28. The molecule has 0 unspecified atom stereocenters. The van der Waals surface area contributed by atoms with E-state index in [1.54, 1.807) is 30.5 Å². The van der Waals surface area contributed by atoms with Gasteiger partial charge in [-0.25, -0.2) is 0 Å². The van der Waals surface area contributed by atoms with Crippen molar-refractivity contribution in [3.8, 4) is 11.1 Å². The van der Waals surface area contributed by atoms with Crippen molar-refractivity contribution in [2.45, 2.75) is 13.1 Å². The number of hydrogen-bond acceptors (Lipinski definition) is 3. The Hall–Kier alpha value is -3.64. The number of fused-ring (bicyclic) bond motifs is 1. The lowest BCUT2D eigenvalue weighted by molar-refractivity contribution is -0.137. The number of rotatable bonds is 5. The molecule has 1 aromatic heterocycles. The van der Waals surface area contributed by atoms with Gasteiger partial charge < -0.3 is 5.32 Å². The molecule has 3 nitrogen and oxygen atoms in total. The number of aromatic nitrogens is 1. The van der Waals surface area contributed by atoms with Crippen LogP contribution >= 0.6 is 11.6 Å². The fraction of sp³-hybridized carbons (Fsp3) is 0.0769. The molecule has 1 N–H and O–H groups in total. The van der Waals surface area contributed by atoms with E-state index < -0.39 is 11.7 Å². The Kier molecular flexibility index (Phi) is 6.20. The molecular weight excluding hydrogens is 449 g/mol. The second-order valence-electron chi connectivity index (χ2n) is 7.47. The van der Waals surface area contributed by atoms with Crippen LogP contribution in [0, 0.1) is 0 Å². The largest absolute Gasteiger partial charge is 0.416 e. The summed E-state index contributed by atoms with van der Waals surface area (Å²) in [5, 5.41) is 4.43. The zero-order valence-corrected chi connectivity index (χ0v) is 18.2. The standard InChI is InChI=1S/C26H18ClF3N2O/c1-16(33)5-6-19-15-31-24-12-9-18(17-7-10-21(27)11-8-17)13-23(24)25(19)32-22-4-2-3-20(14-22)26(28,29)30/h2-15H,1H3,(H,31,32)/b6-5+. The molecule has 3 aromatic carbocycles. The summed E-state index contributed by atoms with van der Waals surface area (Å²) >= 11 is 6.00. The molecular formula is C26H18ClF3N2O. The van der Waals surface area contributed by atoms with Gasteiger partial charge in [0.1, 0.15) is 0 Å². The van der Waals surface area contributed by atoms with Gasteiger partial charge in [-0.15, -0.1) is 0 Å². The van der Waals surface area contributed by atoms with Gasteiger partial charge >= 0.3 is 6.18 Å². The van der Waals surface area contributed by atoms with Crippen LogP contribution in [0.5, 0.6) is 0 Å². The minimum Gasteiger partial charge on any atom is -0.354 e. The molecule has 0 saturated heterocycles. The van der Waals surface area contributed by atoms with E-state index in [1.165, 1.54) is 19.1 Å². The molecule has 0 spiro atoms. The van der Waals surface area contributed by atoms with Crippen LogP contribution < -0.4 is 5.32 Å². The first-order chi connectivity index (χ1) is 15.7. The smallest absolute Gasteiger partial charge is 0.354 e. The van der Waals surface area contributed by atoms with Gasteiger partial charge in [0.15, 0.2) is 5.78 Å². The predicted molar refractivity (Wildman–Crippen MR) is 127 cm³/mol. The molecule has 0 saturated carbocycles. The van der Waals surface area contributed by atoms with E-state index in [4.69, 9.17) is 11.6 Å². The van der Waals surface area contributed by atoms with Gasteiger partial charge in [-0.3, -0.25) is 9.78 Å². The summed E-state index contributed by atoms with van der Waals surface area (Å²) < 4.78 is 39.7. The first-order valence-electron chi connectivity index (χ1n) is 10.0. The van der Waals surface area contributed by atoms with Crippen molar-refractivity contribution in [1.82, 2.24) is 4.98 Å². The fourth-order valence-corrected chi connectivity index (χ4v) is 3.55. The minimum absolute atomic E-state index is 0.157. The van der Waals surface area contributed by atoms with Crippen LogP contribution in [0.4, 0.5) is 24.5 Å². The van der Waals surface area contributed by atoms with E-state index in [9.17, 15) is 18.0 Å². The Morgan fingerprint density at radius 2 is 1.73 bits per heavy atom. The highest BCUT2D eigenvalue weighted by Crippen LogP contribution is 2.35. The zero-order valence-electron chi connectivity index (χ0n) is 17.5. The molecule has 4 rings (SSSR count). The number of carbonyl (C=O) groups is 1. The van der Waals surface area contributed by atoms with E-state index in [1.807, 2.05) is 30.3 Å². The van der Waals surface area contributed by atoms with E-state index in [0.29, 0.717) is 27.2 Å². The molecule has 0 aliphatic carbocycles. The maximum absolute atomic E-state index is 13.2. The summed E-state index contributed by atoms with van der Waals surface area (Å²) in [6.07, 6.45) is 0.111. The van der Waals surface area contributed by atoms with E-state index >= 15 is 0 Å². The molecule has 33 heavy (non-hydrogen) atoms. The molecule has 0 aliphatic heterocycles.